The van der Waals surface area contributed by atoms with Gasteiger partial charge in [-0.2, -0.15) is 0 Å². The van der Waals surface area contributed by atoms with Gasteiger partial charge in [0.2, 0.25) is 11.1 Å². The van der Waals surface area contributed by atoms with E-state index in [9.17, 15) is 9.59 Å². The third-order valence-corrected chi connectivity index (χ3v) is 6.95. The van der Waals surface area contributed by atoms with Crippen LogP contribution in [0.3, 0.4) is 0 Å². The predicted molar refractivity (Wildman–Crippen MR) is 136 cm³/mol. The van der Waals surface area contributed by atoms with Gasteiger partial charge in [0.1, 0.15) is 4.88 Å². The largest absolute Gasteiger partial charge is 0.462 e. The number of thiophene rings is 1. The summed E-state index contributed by atoms with van der Waals surface area (Å²) in [6.45, 7) is 1.97. The van der Waals surface area contributed by atoms with Crippen LogP contribution in [0.4, 0.5) is 5.69 Å². The van der Waals surface area contributed by atoms with Gasteiger partial charge < -0.3 is 15.9 Å². The van der Waals surface area contributed by atoms with Gasteiger partial charge in [-0.15, -0.1) is 21.5 Å². The van der Waals surface area contributed by atoms with Gasteiger partial charge in [0.25, 0.3) is 0 Å². The molecule has 34 heavy (non-hydrogen) atoms. The van der Waals surface area contributed by atoms with Gasteiger partial charge in [0.05, 0.1) is 18.0 Å². The maximum atomic E-state index is 12.7. The highest BCUT2D eigenvalue weighted by molar-refractivity contribution is 7.99. The molecule has 0 fully saturated rings. The smallest absolute Gasteiger partial charge is 0.350 e. The topological polar surface area (TPSA) is 112 Å². The van der Waals surface area contributed by atoms with Crippen molar-refractivity contribution >= 4 is 52.3 Å². The summed E-state index contributed by atoms with van der Waals surface area (Å²) < 4.78 is 6.48. The first-order valence-corrected chi connectivity index (χ1v) is 12.4. The number of rotatable bonds is 8. The lowest BCUT2D eigenvalue weighted by molar-refractivity contribution is -0.113. The minimum atomic E-state index is -0.481. The maximum Gasteiger partial charge on any atom is 0.350 e. The lowest BCUT2D eigenvalue weighted by Crippen LogP contribution is -2.17. The second-order valence-electron chi connectivity index (χ2n) is 6.96. The number of hydrogen-bond donors (Lipinski definition) is 2. The molecular formula is C23H20ClN5O3S2. The summed E-state index contributed by atoms with van der Waals surface area (Å²) >= 11 is 8.44. The molecule has 0 aliphatic carbocycles. The number of hydrogen-bond acceptors (Lipinski definition) is 8. The number of nitrogens with zero attached hydrogens (tertiary/aromatic N) is 3. The molecule has 11 heteroatoms. The number of carbonyl (C=O) groups is 2. The summed E-state index contributed by atoms with van der Waals surface area (Å²) in [7, 11) is 0. The lowest BCUT2D eigenvalue weighted by Gasteiger charge is -2.06. The molecule has 0 aliphatic heterocycles. The number of thioether (sulfide) groups is 1. The van der Waals surface area contributed by atoms with Crippen LogP contribution in [-0.4, -0.2) is 39.1 Å². The molecule has 0 spiro atoms. The van der Waals surface area contributed by atoms with Crippen LogP contribution >= 0.6 is 34.7 Å². The summed E-state index contributed by atoms with van der Waals surface area (Å²) in [4.78, 5) is 26.3. The fourth-order valence-electron chi connectivity index (χ4n) is 3.09. The highest BCUT2D eigenvalue weighted by atomic mass is 35.5. The normalized spacial score (nSPS) is 10.8. The van der Waals surface area contributed by atoms with E-state index in [1.807, 2.05) is 36.4 Å². The number of carbonyl (C=O) groups excluding carboxylic acids is 2. The van der Waals surface area contributed by atoms with Crippen molar-refractivity contribution in [3.63, 3.8) is 0 Å². The van der Waals surface area contributed by atoms with Gasteiger partial charge in [0, 0.05) is 15.5 Å². The second-order valence-corrected chi connectivity index (χ2v) is 9.39. The number of ether oxygens (including phenoxy) is 1. The molecule has 1 amide bonds. The monoisotopic (exact) mass is 513 g/mol. The molecular weight excluding hydrogens is 494 g/mol. The van der Waals surface area contributed by atoms with Crippen molar-refractivity contribution in [2.45, 2.75) is 12.1 Å². The predicted octanol–water partition coefficient (Wildman–Crippen LogP) is 4.95. The quantitative estimate of drug-likeness (QED) is 0.195. The molecule has 4 aromatic rings. The van der Waals surface area contributed by atoms with E-state index in [0.29, 0.717) is 32.1 Å². The fourth-order valence-corrected chi connectivity index (χ4v) is 4.95. The number of nitrogens with two attached hydrogens (primary N) is 1. The Morgan fingerprint density at radius 3 is 2.62 bits per heavy atom. The Hall–Kier alpha value is -3.34. The Morgan fingerprint density at radius 2 is 1.88 bits per heavy atom. The number of halogens is 1. The van der Waals surface area contributed by atoms with Crippen molar-refractivity contribution in [3.8, 4) is 21.8 Å². The van der Waals surface area contributed by atoms with Gasteiger partial charge in [-0.05, 0) is 30.7 Å². The van der Waals surface area contributed by atoms with Crippen molar-refractivity contribution in [1.82, 2.24) is 14.9 Å². The van der Waals surface area contributed by atoms with E-state index in [4.69, 9.17) is 22.2 Å². The van der Waals surface area contributed by atoms with Crippen molar-refractivity contribution in [3.05, 3.63) is 70.6 Å². The van der Waals surface area contributed by atoms with E-state index in [1.54, 1.807) is 31.2 Å². The first-order valence-electron chi connectivity index (χ1n) is 10.2. The summed E-state index contributed by atoms with van der Waals surface area (Å²) in [5, 5.41) is 11.9. The van der Waals surface area contributed by atoms with Crippen LogP contribution < -0.4 is 11.2 Å². The molecule has 0 unspecified atom stereocenters. The summed E-state index contributed by atoms with van der Waals surface area (Å²) in [6, 6.07) is 18.5. The third-order valence-electron chi connectivity index (χ3n) is 4.61. The van der Waals surface area contributed by atoms with Crippen molar-refractivity contribution < 1.29 is 14.3 Å². The highest BCUT2D eigenvalue weighted by Gasteiger charge is 2.21. The number of nitrogen functional groups attached to an aromatic ring is 1. The molecule has 3 N–H and O–H groups in total. The summed E-state index contributed by atoms with van der Waals surface area (Å²) in [5.74, 6) is 5.77. The molecule has 2 aromatic heterocycles. The lowest BCUT2D eigenvalue weighted by atomic mass is 10.2. The molecule has 0 bridgehead atoms. The molecule has 0 radical (unpaired) electrons. The zero-order valence-corrected chi connectivity index (χ0v) is 20.4. The Balaban J connectivity index is 1.48. The third kappa shape index (κ3) is 5.41. The van der Waals surface area contributed by atoms with Gasteiger partial charge >= 0.3 is 5.97 Å². The molecule has 0 atom stereocenters. The number of benzene rings is 2. The standard InChI is InChI=1S/C23H20ClN5O3S2/c1-2-32-22(31)20-17(12-18(34-20)14-7-4-3-5-8-14)26-19(30)13-33-23-28-27-21(29(23)25)15-9-6-10-16(24)11-15/h3-12H,2,13,25H2,1H3,(H,26,30). The summed E-state index contributed by atoms with van der Waals surface area (Å²) in [6.07, 6.45) is 0. The van der Waals surface area contributed by atoms with E-state index in [2.05, 4.69) is 15.5 Å². The minimum Gasteiger partial charge on any atom is -0.462 e. The van der Waals surface area contributed by atoms with Crippen LogP contribution in [-0.2, 0) is 9.53 Å². The van der Waals surface area contributed by atoms with Crippen LogP contribution in [0, 0.1) is 0 Å². The first-order chi connectivity index (χ1) is 16.5. The Kier molecular flexibility index (Phi) is 7.51. The van der Waals surface area contributed by atoms with Gasteiger partial charge in [-0.25, -0.2) is 9.47 Å². The van der Waals surface area contributed by atoms with E-state index in [1.165, 1.54) is 16.0 Å². The molecule has 0 saturated heterocycles. The Morgan fingerprint density at radius 1 is 1.12 bits per heavy atom. The molecule has 174 valence electrons. The number of amides is 1. The van der Waals surface area contributed by atoms with Gasteiger partial charge in [0.15, 0.2) is 5.82 Å². The zero-order valence-electron chi connectivity index (χ0n) is 18.0. The Bertz CT molecular complexity index is 1320. The number of aromatic nitrogens is 3. The molecule has 2 aromatic carbocycles. The average Bonchev–Trinajstić information content (AvgIpc) is 3.42. The van der Waals surface area contributed by atoms with Gasteiger partial charge in [-0.3, -0.25) is 4.79 Å². The van der Waals surface area contributed by atoms with E-state index in [-0.39, 0.29) is 18.3 Å². The highest BCUT2D eigenvalue weighted by Crippen LogP contribution is 2.35. The molecule has 4 rings (SSSR count). The van der Waals surface area contributed by atoms with Crippen molar-refractivity contribution in [1.29, 1.82) is 0 Å². The second kappa shape index (κ2) is 10.7. The molecule has 2 heterocycles. The average molecular weight is 514 g/mol. The molecule has 0 saturated carbocycles. The molecule has 8 nitrogen and oxygen atoms in total. The van der Waals surface area contributed by atoms with Crippen LogP contribution in [0.25, 0.3) is 21.8 Å². The molecule has 0 aliphatic rings. The van der Waals surface area contributed by atoms with E-state index < -0.39 is 5.97 Å². The number of anilines is 1. The van der Waals surface area contributed by atoms with Crippen molar-refractivity contribution in [2.24, 2.45) is 0 Å². The van der Waals surface area contributed by atoms with Crippen LogP contribution in [0.15, 0.2) is 65.8 Å². The van der Waals surface area contributed by atoms with E-state index in [0.717, 1.165) is 22.2 Å². The van der Waals surface area contributed by atoms with Crippen LogP contribution in [0.2, 0.25) is 5.02 Å². The van der Waals surface area contributed by atoms with Gasteiger partial charge in [-0.1, -0.05) is 65.8 Å². The minimum absolute atomic E-state index is 0.0175. The maximum absolute atomic E-state index is 12.7. The van der Waals surface area contributed by atoms with Crippen LogP contribution in [0.5, 0.6) is 0 Å². The fraction of sp³-hybridized carbons (Fsp3) is 0.130. The van der Waals surface area contributed by atoms with Crippen molar-refractivity contribution in [2.75, 3.05) is 23.5 Å². The zero-order chi connectivity index (χ0) is 24.1. The van der Waals surface area contributed by atoms with E-state index >= 15 is 0 Å². The summed E-state index contributed by atoms with van der Waals surface area (Å²) in [5.41, 5.74) is 2.06. The SMILES string of the molecule is CCOC(=O)c1sc(-c2ccccc2)cc1NC(=O)CSc1nnc(-c2cccc(Cl)c2)n1N. The number of esters is 1. The van der Waals surface area contributed by atoms with Crippen LogP contribution in [0.1, 0.15) is 16.6 Å². The first kappa shape index (κ1) is 23.8. The Labute approximate surface area is 209 Å². The number of nitrogens with one attached hydrogen (secondary N) is 1.